The summed E-state index contributed by atoms with van der Waals surface area (Å²) in [5.41, 5.74) is 2.24. The SMILES string of the molecule is Cc1ncccc1CC(C)(C)CO. The molecule has 0 aliphatic carbocycles. The number of hydrogen-bond acceptors (Lipinski definition) is 2. The van der Waals surface area contributed by atoms with Crippen LogP contribution in [0.2, 0.25) is 0 Å². The molecule has 0 fully saturated rings. The summed E-state index contributed by atoms with van der Waals surface area (Å²) in [5.74, 6) is 0. The third-order valence-electron chi connectivity index (χ3n) is 2.21. The molecule has 0 saturated carbocycles. The van der Waals surface area contributed by atoms with Crippen LogP contribution < -0.4 is 0 Å². The van der Waals surface area contributed by atoms with Gasteiger partial charge in [-0.25, -0.2) is 0 Å². The second-order valence-corrected chi connectivity index (χ2v) is 4.25. The highest BCUT2D eigenvalue weighted by Gasteiger charge is 2.17. The van der Waals surface area contributed by atoms with Crippen LogP contribution in [-0.4, -0.2) is 16.7 Å². The van der Waals surface area contributed by atoms with Gasteiger partial charge in [-0.2, -0.15) is 0 Å². The van der Waals surface area contributed by atoms with E-state index in [1.807, 2.05) is 13.0 Å². The van der Waals surface area contributed by atoms with Crippen molar-refractivity contribution in [3.05, 3.63) is 29.6 Å². The Morgan fingerprint density at radius 2 is 2.15 bits per heavy atom. The fraction of sp³-hybridized carbons (Fsp3) is 0.545. The molecule has 0 radical (unpaired) electrons. The van der Waals surface area contributed by atoms with Crippen molar-refractivity contribution in [2.45, 2.75) is 27.2 Å². The molecule has 72 valence electrons. The first-order valence-corrected chi connectivity index (χ1v) is 4.56. The third kappa shape index (κ3) is 2.81. The van der Waals surface area contributed by atoms with E-state index in [-0.39, 0.29) is 12.0 Å². The van der Waals surface area contributed by atoms with E-state index in [2.05, 4.69) is 24.9 Å². The van der Waals surface area contributed by atoms with Crippen molar-refractivity contribution >= 4 is 0 Å². The van der Waals surface area contributed by atoms with Crippen LogP contribution in [0.15, 0.2) is 18.3 Å². The van der Waals surface area contributed by atoms with E-state index in [9.17, 15) is 0 Å². The lowest BCUT2D eigenvalue weighted by molar-refractivity contribution is 0.159. The predicted molar refractivity (Wildman–Crippen MR) is 53.5 cm³/mol. The number of nitrogens with zero attached hydrogens (tertiary/aromatic N) is 1. The normalized spacial score (nSPS) is 11.7. The Morgan fingerprint density at radius 3 is 2.69 bits per heavy atom. The van der Waals surface area contributed by atoms with Crippen LogP contribution in [0.4, 0.5) is 0 Å². The lowest BCUT2D eigenvalue weighted by atomic mass is 9.86. The number of aromatic nitrogens is 1. The van der Waals surface area contributed by atoms with Gasteiger partial charge in [0.2, 0.25) is 0 Å². The fourth-order valence-corrected chi connectivity index (χ4v) is 1.28. The van der Waals surface area contributed by atoms with Crippen LogP contribution >= 0.6 is 0 Å². The quantitative estimate of drug-likeness (QED) is 0.769. The van der Waals surface area contributed by atoms with Gasteiger partial charge in [0.1, 0.15) is 0 Å². The molecule has 13 heavy (non-hydrogen) atoms. The molecule has 0 atom stereocenters. The fourth-order valence-electron chi connectivity index (χ4n) is 1.28. The van der Waals surface area contributed by atoms with Gasteiger partial charge in [0.05, 0.1) is 0 Å². The van der Waals surface area contributed by atoms with Crippen LogP contribution in [0.3, 0.4) is 0 Å². The second-order valence-electron chi connectivity index (χ2n) is 4.25. The van der Waals surface area contributed by atoms with Crippen molar-refractivity contribution in [3.63, 3.8) is 0 Å². The molecule has 2 nitrogen and oxygen atoms in total. The molecule has 0 amide bonds. The third-order valence-corrected chi connectivity index (χ3v) is 2.21. The van der Waals surface area contributed by atoms with E-state index < -0.39 is 0 Å². The molecular weight excluding hydrogens is 162 g/mol. The minimum absolute atomic E-state index is 0.0478. The number of aliphatic hydroxyl groups is 1. The van der Waals surface area contributed by atoms with Crippen LogP contribution in [0.5, 0.6) is 0 Å². The Balaban J connectivity index is 2.80. The summed E-state index contributed by atoms with van der Waals surface area (Å²) >= 11 is 0. The Hall–Kier alpha value is -0.890. The summed E-state index contributed by atoms with van der Waals surface area (Å²) in [4.78, 5) is 4.22. The number of pyridine rings is 1. The van der Waals surface area contributed by atoms with Crippen LogP contribution in [0.25, 0.3) is 0 Å². The first kappa shape index (κ1) is 10.2. The van der Waals surface area contributed by atoms with Crippen molar-refractivity contribution in [1.29, 1.82) is 0 Å². The highest BCUT2D eigenvalue weighted by Crippen LogP contribution is 2.21. The number of rotatable bonds is 3. The monoisotopic (exact) mass is 179 g/mol. The zero-order chi connectivity index (χ0) is 9.90. The highest BCUT2D eigenvalue weighted by atomic mass is 16.3. The summed E-state index contributed by atoms with van der Waals surface area (Å²) in [6.45, 7) is 6.32. The van der Waals surface area contributed by atoms with Crippen molar-refractivity contribution in [2.75, 3.05) is 6.61 Å². The van der Waals surface area contributed by atoms with Gasteiger partial charge in [0.25, 0.3) is 0 Å². The molecule has 2 heteroatoms. The smallest absolute Gasteiger partial charge is 0.0485 e. The molecule has 1 rings (SSSR count). The Kier molecular flexibility index (Phi) is 3.04. The second kappa shape index (κ2) is 3.88. The Labute approximate surface area is 79.6 Å². The van der Waals surface area contributed by atoms with Gasteiger partial charge in [-0.15, -0.1) is 0 Å². The van der Waals surface area contributed by atoms with Gasteiger partial charge < -0.3 is 5.11 Å². The standard InChI is InChI=1S/C11H17NO/c1-9-10(5-4-6-12-9)7-11(2,3)8-13/h4-6,13H,7-8H2,1-3H3. The van der Waals surface area contributed by atoms with Crippen molar-refractivity contribution in [3.8, 4) is 0 Å². The largest absolute Gasteiger partial charge is 0.396 e. The summed E-state index contributed by atoms with van der Waals surface area (Å²) in [7, 11) is 0. The topological polar surface area (TPSA) is 33.1 Å². The van der Waals surface area contributed by atoms with Crippen molar-refractivity contribution in [1.82, 2.24) is 4.98 Å². The van der Waals surface area contributed by atoms with E-state index in [1.54, 1.807) is 6.20 Å². The average molecular weight is 179 g/mol. The molecule has 0 aliphatic heterocycles. The predicted octanol–water partition coefficient (Wildman–Crippen LogP) is 1.95. The minimum atomic E-state index is -0.0478. The van der Waals surface area contributed by atoms with Crippen LogP contribution in [0, 0.1) is 12.3 Å². The molecule has 1 heterocycles. The Bertz CT molecular complexity index is 281. The molecule has 1 aromatic heterocycles. The van der Waals surface area contributed by atoms with E-state index in [4.69, 9.17) is 5.11 Å². The number of aryl methyl sites for hydroxylation is 1. The first-order chi connectivity index (χ1) is 6.05. The molecule has 0 unspecified atom stereocenters. The maximum absolute atomic E-state index is 9.13. The first-order valence-electron chi connectivity index (χ1n) is 4.56. The van der Waals surface area contributed by atoms with E-state index in [1.165, 1.54) is 5.56 Å². The minimum Gasteiger partial charge on any atom is -0.396 e. The molecule has 0 saturated heterocycles. The maximum Gasteiger partial charge on any atom is 0.0485 e. The summed E-state index contributed by atoms with van der Waals surface area (Å²) in [6.07, 6.45) is 2.67. The zero-order valence-corrected chi connectivity index (χ0v) is 8.54. The lowest BCUT2D eigenvalue weighted by Gasteiger charge is -2.22. The number of aliphatic hydroxyl groups excluding tert-OH is 1. The molecule has 0 bridgehead atoms. The zero-order valence-electron chi connectivity index (χ0n) is 8.54. The van der Waals surface area contributed by atoms with Gasteiger partial charge in [0, 0.05) is 18.5 Å². The molecule has 0 aromatic carbocycles. The molecule has 0 spiro atoms. The van der Waals surface area contributed by atoms with Gasteiger partial charge in [-0.3, -0.25) is 4.98 Å². The number of hydrogen-bond donors (Lipinski definition) is 1. The molecule has 0 aliphatic rings. The van der Waals surface area contributed by atoms with Gasteiger partial charge >= 0.3 is 0 Å². The average Bonchev–Trinajstić information content (AvgIpc) is 2.09. The molecule has 1 aromatic rings. The lowest BCUT2D eigenvalue weighted by Crippen LogP contribution is -2.20. The van der Waals surface area contributed by atoms with Gasteiger partial charge in [-0.05, 0) is 30.4 Å². The summed E-state index contributed by atoms with van der Waals surface area (Å²) in [5, 5.41) is 9.13. The van der Waals surface area contributed by atoms with Gasteiger partial charge in [-0.1, -0.05) is 19.9 Å². The molecular formula is C11H17NO. The van der Waals surface area contributed by atoms with Crippen molar-refractivity contribution in [2.24, 2.45) is 5.41 Å². The van der Waals surface area contributed by atoms with E-state index >= 15 is 0 Å². The molecule has 1 N–H and O–H groups in total. The highest BCUT2D eigenvalue weighted by molar-refractivity contribution is 5.19. The van der Waals surface area contributed by atoms with E-state index in [0.717, 1.165) is 12.1 Å². The summed E-state index contributed by atoms with van der Waals surface area (Å²) in [6, 6.07) is 4.01. The van der Waals surface area contributed by atoms with Crippen LogP contribution in [-0.2, 0) is 6.42 Å². The maximum atomic E-state index is 9.13. The van der Waals surface area contributed by atoms with Gasteiger partial charge in [0.15, 0.2) is 0 Å². The van der Waals surface area contributed by atoms with Crippen molar-refractivity contribution < 1.29 is 5.11 Å². The van der Waals surface area contributed by atoms with Crippen LogP contribution in [0.1, 0.15) is 25.1 Å². The Morgan fingerprint density at radius 1 is 1.46 bits per heavy atom. The van der Waals surface area contributed by atoms with E-state index in [0.29, 0.717) is 0 Å². The summed E-state index contributed by atoms with van der Waals surface area (Å²) < 4.78 is 0.